The van der Waals surface area contributed by atoms with E-state index in [1.807, 2.05) is 30.3 Å². The van der Waals surface area contributed by atoms with E-state index in [2.05, 4.69) is 39.6 Å². The monoisotopic (exact) mass is 385 g/mol. The van der Waals surface area contributed by atoms with Gasteiger partial charge in [-0.3, -0.25) is 0 Å². The smallest absolute Gasteiger partial charge is 0.279 e. The minimum absolute atomic E-state index is 0. The maximum absolute atomic E-state index is 5.92. The van der Waals surface area contributed by atoms with Crippen LogP contribution in [0.25, 0.3) is 10.2 Å². The van der Waals surface area contributed by atoms with Crippen molar-refractivity contribution in [1.29, 1.82) is 0 Å². The normalized spacial score (nSPS) is 18.2. The van der Waals surface area contributed by atoms with Crippen molar-refractivity contribution in [3.05, 3.63) is 66.0 Å². The fourth-order valence-electron chi connectivity index (χ4n) is 3.57. The first kappa shape index (κ1) is 17.2. The Bertz CT molecular complexity index is 905. The van der Waals surface area contributed by atoms with Gasteiger partial charge in [0.1, 0.15) is 5.75 Å². The van der Waals surface area contributed by atoms with Crippen molar-refractivity contribution in [1.82, 2.24) is 15.2 Å². The number of hydrogen-bond donors (Lipinski definition) is 1. The average molecular weight is 386 g/mol. The summed E-state index contributed by atoms with van der Waals surface area (Å²) in [5.41, 5.74) is 3.70. The van der Waals surface area contributed by atoms with Gasteiger partial charge in [0.05, 0.1) is 10.2 Å². The first-order chi connectivity index (χ1) is 12.3. The van der Waals surface area contributed by atoms with Crippen LogP contribution in [0.5, 0.6) is 10.9 Å². The van der Waals surface area contributed by atoms with E-state index in [4.69, 9.17) is 4.74 Å². The van der Waals surface area contributed by atoms with Crippen molar-refractivity contribution in [3.63, 3.8) is 0 Å². The van der Waals surface area contributed by atoms with Crippen molar-refractivity contribution in [3.8, 4) is 10.9 Å². The molecule has 0 spiro atoms. The molecule has 1 unspecified atom stereocenters. The molecule has 0 bridgehead atoms. The van der Waals surface area contributed by atoms with Crippen LogP contribution in [0.1, 0.15) is 12.0 Å². The summed E-state index contributed by atoms with van der Waals surface area (Å²) in [5, 5.41) is 4.17. The Labute approximate surface area is 162 Å². The molecule has 4 nitrogen and oxygen atoms in total. The lowest BCUT2D eigenvalue weighted by atomic mass is 10.1. The lowest BCUT2D eigenvalue weighted by Crippen LogP contribution is -2.17. The molecule has 0 saturated carbocycles. The molecule has 1 saturated heterocycles. The number of halogens is 1. The van der Waals surface area contributed by atoms with Gasteiger partial charge in [0, 0.05) is 37.4 Å². The number of para-hydroxylation sites is 1. The summed E-state index contributed by atoms with van der Waals surface area (Å²) >= 11 is 1.58. The fraction of sp³-hybridized carbons (Fsp3) is 0.250. The number of nitrogens with one attached hydrogen (secondary N) is 1. The van der Waals surface area contributed by atoms with Crippen molar-refractivity contribution < 1.29 is 4.74 Å². The van der Waals surface area contributed by atoms with Crippen LogP contribution in [0.2, 0.25) is 0 Å². The zero-order chi connectivity index (χ0) is 16.6. The van der Waals surface area contributed by atoms with Gasteiger partial charge in [0.25, 0.3) is 5.19 Å². The number of thiazole rings is 1. The number of fused-ring (bicyclic) bond motifs is 2. The van der Waals surface area contributed by atoms with Crippen molar-refractivity contribution >= 4 is 34.0 Å². The lowest BCUT2D eigenvalue weighted by Gasteiger charge is -2.17. The Balaban J connectivity index is 0.00000168. The van der Waals surface area contributed by atoms with Crippen LogP contribution in [-0.2, 0) is 6.54 Å². The summed E-state index contributed by atoms with van der Waals surface area (Å²) < 4.78 is 7.07. The highest BCUT2D eigenvalue weighted by atomic mass is 35.5. The number of aromatic nitrogens is 1. The van der Waals surface area contributed by atoms with E-state index >= 15 is 0 Å². The van der Waals surface area contributed by atoms with Crippen LogP contribution in [0.15, 0.2) is 60.4 Å². The number of ether oxygens (including phenoxy) is 1. The SMILES string of the molecule is C1=C2NCCC2CN1Cc1ccc(Oc2nc3ccccc3s2)cc1.Cl. The third kappa shape index (κ3) is 3.37. The number of rotatable bonds is 4. The first-order valence-electron chi connectivity index (χ1n) is 8.65. The van der Waals surface area contributed by atoms with E-state index < -0.39 is 0 Å². The second kappa shape index (κ2) is 7.17. The Morgan fingerprint density at radius 2 is 2.00 bits per heavy atom. The second-order valence-electron chi connectivity index (χ2n) is 6.62. The molecule has 0 radical (unpaired) electrons. The highest BCUT2D eigenvalue weighted by Gasteiger charge is 2.28. The van der Waals surface area contributed by atoms with Crippen LogP contribution >= 0.6 is 23.7 Å². The van der Waals surface area contributed by atoms with Gasteiger partial charge in [0.15, 0.2) is 0 Å². The molecule has 1 atom stereocenters. The van der Waals surface area contributed by atoms with E-state index in [0.717, 1.165) is 35.6 Å². The topological polar surface area (TPSA) is 37.4 Å². The van der Waals surface area contributed by atoms with E-state index in [-0.39, 0.29) is 12.4 Å². The van der Waals surface area contributed by atoms with E-state index in [1.54, 1.807) is 11.3 Å². The highest BCUT2D eigenvalue weighted by Crippen LogP contribution is 2.32. The Kier molecular flexibility index (Phi) is 4.74. The summed E-state index contributed by atoms with van der Waals surface area (Å²) in [4.78, 5) is 6.92. The zero-order valence-corrected chi connectivity index (χ0v) is 15.9. The Hall–Kier alpha value is -2.24. The number of nitrogens with zero attached hydrogens (tertiary/aromatic N) is 2. The summed E-state index contributed by atoms with van der Waals surface area (Å²) in [6.07, 6.45) is 3.54. The molecule has 26 heavy (non-hydrogen) atoms. The first-order valence-corrected chi connectivity index (χ1v) is 9.47. The largest absolute Gasteiger partial charge is 0.431 e. The molecule has 1 fully saturated rings. The molecule has 6 heteroatoms. The third-order valence-corrected chi connectivity index (χ3v) is 5.74. The minimum atomic E-state index is 0. The molecule has 2 aliphatic rings. The molecule has 0 amide bonds. The molecule has 0 aliphatic carbocycles. The van der Waals surface area contributed by atoms with Gasteiger partial charge in [0.2, 0.25) is 0 Å². The van der Waals surface area contributed by atoms with Gasteiger partial charge < -0.3 is 15.0 Å². The van der Waals surface area contributed by atoms with Gasteiger partial charge in [-0.15, -0.1) is 12.4 Å². The molecular weight excluding hydrogens is 366 g/mol. The number of benzene rings is 2. The molecule has 1 aromatic heterocycles. The lowest BCUT2D eigenvalue weighted by molar-refractivity contribution is 0.359. The van der Waals surface area contributed by atoms with Crippen molar-refractivity contribution in [2.24, 2.45) is 5.92 Å². The maximum atomic E-state index is 5.92. The molecule has 2 aliphatic heterocycles. The number of hydrogen-bond acceptors (Lipinski definition) is 5. The van der Waals surface area contributed by atoms with Crippen molar-refractivity contribution in [2.75, 3.05) is 13.1 Å². The third-order valence-electron chi connectivity index (χ3n) is 4.83. The van der Waals surface area contributed by atoms with Crippen LogP contribution in [0, 0.1) is 5.92 Å². The highest BCUT2D eigenvalue weighted by molar-refractivity contribution is 7.20. The summed E-state index contributed by atoms with van der Waals surface area (Å²) in [7, 11) is 0. The van der Waals surface area contributed by atoms with Gasteiger partial charge >= 0.3 is 0 Å². The molecule has 2 aromatic carbocycles. The van der Waals surface area contributed by atoms with Crippen LogP contribution in [0.4, 0.5) is 0 Å². The predicted molar refractivity (Wildman–Crippen MR) is 108 cm³/mol. The van der Waals surface area contributed by atoms with Crippen LogP contribution in [0.3, 0.4) is 0 Å². The molecular formula is C20H20ClN3OS. The standard InChI is InChI=1S/C20H19N3OS.ClH/c1-2-4-19-17(3-1)22-20(25-19)24-16-7-5-14(6-8-16)11-23-12-15-9-10-21-18(15)13-23;/h1-8,13,15,21H,9-12H2;1H. The molecule has 1 N–H and O–H groups in total. The molecule has 5 rings (SSSR count). The minimum Gasteiger partial charge on any atom is -0.431 e. The summed E-state index contributed by atoms with van der Waals surface area (Å²) in [6, 6.07) is 16.4. The predicted octanol–water partition coefficient (Wildman–Crippen LogP) is 4.78. The fourth-order valence-corrected chi connectivity index (χ4v) is 4.40. The average Bonchev–Trinajstić information content (AvgIpc) is 3.30. The van der Waals surface area contributed by atoms with Gasteiger partial charge in [-0.1, -0.05) is 35.6 Å². The summed E-state index contributed by atoms with van der Waals surface area (Å²) in [5.74, 6) is 1.54. The molecule has 3 heterocycles. The zero-order valence-electron chi connectivity index (χ0n) is 14.2. The Morgan fingerprint density at radius 1 is 1.15 bits per heavy atom. The second-order valence-corrected chi connectivity index (χ2v) is 7.61. The maximum Gasteiger partial charge on any atom is 0.279 e. The van der Waals surface area contributed by atoms with E-state index in [1.165, 1.54) is 17.7 Å². The molecule has 134 valence electrons. The molecule has 3 aromatic rings. The Morgan fingerprint density at radius 3 is 2.81 bits per heavy atom. The van der Waals surface area contributed by atoms with Crippen molar-refractivity contribution in [2.45, 2.75) is 13.0 Å². The quantitative estimate of drug-likeness (QED) is 0.701. The van der Waals surface area contributed by atoms with Crippen LogP contribution < -0.4 is 10.1 Å². The summed E-state index contributed by atoms with van der Waals surface area (Å²) in [6.45, 7) is 3.21. The van der Waals surface area contributed by atoms with Crippen LogP contribution in [-0.4, -0.2) is 23.0 Å². The van der Waals surface area contributed by atoms with Gasteiger partial charge in [-0.25, -0.2) is 4.98 Å². The van der Waals surface area contributed by atoms with Gasteiger partial charge in [-0.2, -0.15) is 0 Å². The van der Waals surface area contributed by atoms with E-state index in [9.17, 15) is 0 Å². The van der Waals surface area contributed by atoms with Gasteiger partial charge in [-0.05, 0) is 36.2 Å². The van der Waals surface area contributed by atoms with E-state index in [0.29, 0.717) is 11.1 Å².